The molecule has 1 heterocycles. The topological polar surface area (TPSA) is 83.0 Å². The quantitative estimate of drug-likeness (QED) is 0.183. The molecule has 2 rings (SSSR count). The number of ether oxygens (including phenoxy) is 1. The van der Waals surface area contributed by atoms with Gasteiger partial charge in [-0.1, -0.05) is 11.6 Å². The van der Waals surface area contributed by atoms with Crippen molar-refractivity contribution in [3.63, 3.8) is 0 Å². The highest BCUT2D eigenvalue weighted by Crippen LogP contribution is 2.18. The van der Waals surface area contributed by atoms with Gasteiger partial charge >= 0.3 is 5.97 Å². The van der Waals surface area contributed by atoms with Crippen LogP contribution >= 0.6 is 35.6 Å². The lowest BCUT2D eigenvalue weighted by molar-refractivity contribution is -0.149. The van der Waals surface area contributed by atoms with E-state index in [9.17, 15) is 9.59 Å². The summed E-state index contributed by atoms with van der Waals surface area (Å²) in [6, 6.07) is 7.04. The van der Waals surface area contributed by atoms with Crippen molar-refractivity contribution in [1.82, 2.24) is 10.2 Å². The minimum absolute atomic E-state index is 0. The predicted octanol–water partition coefficient (Wildman–Crippen LogP) is 3.53. The summed E-state index contributed by atoms with van der Waals surface area (Å²) in [6.45, 7) is 4.43. The summed E-state index contributed by atoms with van der Waals surface area (Å²) < 4.78 is 5.11. The van der Waals surface area contributed by atoms with Gasteiger partial charge in [0.2, 0.25) is 5.91 Å². The summed E-state index contributed by atoms with van der Waals surface area (Å²) in [4.78, 5) is 30.3. The second kappa shape index (κ2) is 13.6. The number of anilines is 1. The number of carbonyl (C=O) groups excluding carboxylic acids is 2. The highest BCUT2D eigenvalue weighted by molar-refractivity contribution is 14.0. The van der Waals surface area contributed by atoms with Crippen LogP contribution in [0.3, 0.4) is 0 Å². The van der Waals surface area contributed by atoms with Crippen molar-refractivity contribution in [3.05, 3.63) is 29.3 Å². The number of guanidine groups is 1. The number of piperidine rings is 1. The van der Waals surface area contributed by atoms with Gasteiger partial charge in [0.1, 0.15) is 0 Å². The first-order valence-electron chi connectivity index (χ1n) is 9.71. The number of rotatable bonds is 7. The largest absolute Gasteiger partial charge is 0.466 e. The zero-order valence-electron chi connectivity index (χ0n) is 16.9. The molecule has 1 aliphatic rings. The highest BCUT2D eigenvalue weighted by atomic mass is 127. The molecule has 0 radical (unpaired) electrons. The third kappa shape index (κ3) is 8.77. The van der Waals surface area contributed by atoms with Crippen molar-refractivity contribution in [2.75, 3.05) is 38.6 Å². The van der Waals surface area contributed by atoms with Crippen molar-refractivity contribution in [1.29, 1.82) is 0 Å². The number of nitrogens with one attached hydrogen (secondary N) is 2. The van der Waals surface area contributed by atoms with Crippen LogP contribution in [0.1, 0.15) is 32.6 Å². The van der Waals surface area contributed by atoms with E-state index in [2.05, 4.69) is 20.5 Å². The summed E-state index contributed by atoms with van der Waals surface area (Å²) in [5.74, 6) is 0.650. The molecule has 1 fully saturated rings. The molecule has 1 amide bonds. The SMILES string of the molecule is CCOC(=O)C1CCN(C(=NC)NCCCC(=O)Nc2ccc(Cl)cc2)CC1.I. The van der Waals surface area contributed by atoms with Crippen molar-refractivity contribution in [3.8, 4) is 0 Å². The van der Waals surface area contributed by atoms with Gasteiger partial charge in [-0.2, -0.15) is 0 Å². The molecule has 1 aromatic carbocycles. The van der Waals surface area contributed by atoms with E-state index in [-0.39, 0.29) is 41.8 Å². The number of benzene rings is 1. The van der Waals surface area contributed by atoms with Crippen molar-refractivity contribution in [2.45, 2.75) is 32.6 Å². The van der Waals surface area contributed by atoms with Crippen LogP contribution in [0, 0.1) is 5.92 Å². The van der Waals surface area contributed by atoms with E-state index in [1.807, 2.05) is 6.92 Å². The highest BCUT2D eigenvalue weighted by Gasteiger charge is 2.27. The molecule has 9 heteroatoms. The molecule has 0 aliphatic carbocycles. The summed E-state index contributed by atoms with van der Waals surface area (Å²) in [7, 11) is 1.74. The number of nitrogens with zero attached hydrogens (tertiary/aromatic N) is 2. The second-order valence-corrected chi connectivity index (χ2v) is 7.08. The number of hydrogen-bond donors (Lipinski definition) is 2. The Morgan fingerprint density at radius 1 is 1.24 bits per heavy atom. The summed E-state index contributed by atoms with van der Waals surface area (Å²) in [5.41, 5.74) is 0.739. The smallest absolute Gasteiger partial charge is 0.309 e. The fourth-order valence-corrected chi connectivity index (χ4v) is 3.25. The minimum atomic E-state index is -0.100. The molecular weight excluding hydrogens is 507 g/mol. The zero-order chi connectivity index (χ0) is 20.4. The van der Waals surface area contributed by atoms with Crippen LogP contribution in [-0.2, 0) is 14.3 Å². The van der Waals surface area contributed by atoms with Gasteiger partial charge in [-0.25, -0.2) is 0 Å². The van der Waals surface area contributed by atoms with E-state index in [0.717, 1.165) is 37.6 Å². The van der Waals surface area contributed by atoms with Crippen LogP contribution in [-0.4, -0.2) is 56.0 Å². The van der Waals surface area contributed by atoms with Gasteiger partial charge in [0.05, 0.1) is 12.5 Å². The molecule has 7 nitrogen and oxygen atoms in total. The first-order chi connectivity index (χ1) is 13.5. The Morgan fingerprint density at radius 2 is 1.90 bits per heavy atom. The van der Waals surface area contributed by atoms with E-state index in [0.29, 0.717) is 31.0 Å². The Balaban J connectivity index is 0.00000420. The fourth-order valence-electron chi connectivity index (χ4n) is 3.13. The van der Waals surface area contributed by atoms with Crippen LogP contribution < -0.4 is 10.6 Å². The lowest BCUT2D eigenvalue weighted by Crippen LogP contribution is -2.47. The predicted molar refractivity (Wildman–Crippen MR) is 127 cm³/mol. The van der Waals surface area contributed by atoms with Gasteiger partial charge in [-0.3, -0.25) is 14.6 Å². The number of aliphatic imine (C=N–C) groups is 1. The van der Waals surface area contributed by atoms with Crippen LogP contribution in [0.4, 0.5) is 5.69 Å². The van der Waals surface area contributed by atoms with Crippen LogP contribution in [0.2, 0.25) is 5.02 Å². The number of likely N-dealkylation sites (tertiary alicyclic amines) is 1. The molecule has 0 aromatic heterocycles. The molecule has 2 N–H and O–H groups in total. The Morgan fingerprint density at radius 3 is 2.48 bits per heavy atom. The number of carbonyl (C=O) groups is 2. The summed E-state index contributed by atoms with van der Waals surface area (Å²) >= 11 is 5.84. The maximum atomic E-state index is 12.0. The number of esters is 1. The summed E-state index contributed by atoms with van der Waals surface area (Å²) in [6.07, 6.45) is 2.64. The zero-order valence-corrected chi connectivity index (χ0v) is 20.0. The van der Waals surface area contributed by atoms with Crippen LogP contribution in [0.5, 0.6) is 0 Å². The average molecular weight is 537 g/mol. The molecule has 0 atom stereocenters. The first-order valence-corrected chi connectivity index (χ1v) is 10.1. The molecule has 1 aliphatic heterocycles. The maximum Gasteiger partial charge on any atom is 0.309 e. The monoisotopic (exact) mass is 536 g/mol. The lowest BCUT2D eigenvalue weighted by atomic mass is 9.97. The Hall–Kier alpha value is -1.55. The normalized spacial score (nSPS) is 14.7. The van der Waals surface area contributed by atoms with Gasteiger partial charge in [0.15, 0.2) is 5.96 Å². The number of hydrogen-bond acceptors (Lipinski definition) is 4. The van der Waals surface area contributed by atoms with E-state index >= 15 is 0 Å². The standard InChI is InChI=1S/C20H29ClN4O3.HI/c1-3-28-19(27)15-10-13-25(14-11-15)20(22-2)23-12-4-5-18(26)24-17-8-6-16(21)7-9-17;/h6-9,15H,3-5,10-14H2,1-2H3,(H,22,23)(H,24,26);1H. The molecule has 162 valence electrons. The average Bonchev–Trinajstić information content (AvgIpc) is 2.70. The van der Waals surface area contributed by atoms with E-state index < -0.39 is 0 Å². The lowest BCUT2D eigenvalue weighted by Gasteiger charge is -2.33. The summed E-state index contributed by atoms with van der Waals surface area (Å²) in [5, 5.41) is 6.79. The molecule has 0 unspecified atom stereocenters. The van der Waals surface area contributed by atoms with Crippen molar-refractivity contribution in [2.24, 2.45) is 10.9 Å². The van der Waals surface area contributed by atoms with Gasteiger partial charge < -0.3 is 20.3 Å². The number of halogens is 2. The number of amides is 1. The molecular formula is C20H30ClIN4O3. The maximum absolute atomic E-state index is 12.0. The molecule has 0 spiro atoms. The Labute approximate surface area is 194 Å². The fraction of sp³-hybridized carbons (Fsp3) is 0.550. The van der Waals surface area contributed by atoms with Crippen molar-refractivity contribution < 1.29 is 14.3 Å². The third-order valence-corrected chi connectivity index (χ3v) is 4.87. The molecule has 0 bridgehead atoms. The molecule has 1 aromatic rings. The Kier molecular flexibility index (Phi) is 12.0. The van der Waals surface area contributed by atoms with Gasteiger partial charge in [-0.05, 0) is 50.5 Å². The molecule has 0 saturated carbocycles. The van der Waals surface area contributed by atoms with Crippen LogP contribution in [0.15, 0.2) is 29.3 Å². The minimum Gasteiger partial charge on any atom is -0.466 e. The van der Waals surface area contributed by atoms with Crippen LogP contribution in [0.25, 0.3) is 0 Å². The van der Waals surface area contributed by atoms with E-state index in [1.54, 1.807) is 31.3 Å². The first kappa shape index (κ1) is 25.5. The van der Waals surface area contributed by atoms with Gasteiger partial charge in [-0.15, -0.1) is 24.0 Å². The molecule has 29 heavy (non-hydrogen) atoms. The van der Waals surface area contributed by atoms with E-state index in [1.165, 1.54) is 0 Å². The van der Waals surface area contributed by atoms with E-state index in [4.69, 9.17) is 16.3 Å². The Bertz CT molecular complexity index is 677. The second-order valence-electron chi connectivity index (χ2n) is 6.65. The third-order valence-electron chi connectivity index (χ3n) is 4.62. The molecule has 1 saturated heterocycles. The van der Waals surface area contributed by atoms with Crippen molar-refractivity contribution >= 4 is 59.1 Å². The van der Waals surface area contributed by atoms with Gasteiger partial charge in [0.25, 0.3) is 0 Å². The van der Waals surface area contributed by atoms with Gasteiger partial charge in [0, 0.05) is 43.8 Å².